The summed E-state index contributed by atoms with van der Waals surface area (Å²) in [5, 5.41) is 0.850. The summed E-state index contributed by atoms with van der Waals surface area (Å²) >= 11 is 0. The molecule has 2 aliphatic rings. The lowest BCUT2D eigenvalue weighted by Gasteiger charge is -2.35. The molecule has 1 aliphatic carbocycles. The third-order valence-corrected chi connectivity index (χ3v) is 7.56. The standard InChI is InChI=1S/C27H36N2O5/c1-19-22-10-9-21(33-2)18-24(22)34-27(32)23(19)11-13-26(31)29-16-14-28(15-17-29)25(30)12-8-20-6-4-3-5-7-20/h9-10,18,20H,3-8,11-17H2,1-2H3. The summed E-state index contributed by atoms with van der Waals surface area (Å²) in [7, 11) is 1.57. The average molecular weight is 469 g/mol. The summed E-state index contributed by atoms with van der Waals surface area (Å²) in [5.41, 5.74) is 1.47. The molecule has 0 N–H and O–H groups in total. The van der Waals surface area contributed by atoms with E-state index in [1.807, 2.05) is 28.9 Å². The maximum atomic E-state index is 12.8. The predicted molar refractivity (Wildman–Crippen MR) is 131 cm³/mol. The number of rotatable bonds is 7. The van der Waals surface area contributed by atoms with Crippen LogP contribution in [0.3, 0.4) is 0 Å². The van der Waals surface area contributed by atoms with Gasteiger partial charge in [0.25, 0.3) is 0 Å². The predicted octanol–water partition coefficient (Wildman–Crippen LogP) is 4.07. The Balaban J connectivity index is 1.27. The fourth-order valence-corrected chi connectivity index (χ4v) is 5.35. The first-order valence-electron chi connectivity index (χ1n) is 12.6. The van der Waals surface area contributed by atoms with Gasteiger partial charge in [-0.25, -0.2) is 4.79 Å². The fraction of sp³-hybridized carbons (Fsp3) is 0.593. The molecule has 2 amide bonds. The second-order valence-electron chi connectivity index (χ2n) is 9.66. The molecule has 0 bridgehead atoms. The molecule has 0 spiro atoms. The van der Waals surface area contributed by atoms with Crippen LogP contribution >= 0.6 is 0 Å². The smallest absolute Gasteiger partial charge is 0.339 e. The largest absolute Gasteiger partial charge is 0.497 e. The second-order valence-corrected chi connectivity index (χ2v) is 9.66. The highest BCUT2D eigenvalue weighted by Crippen LogP contribution is 2.28. The summed E-state index contributed by atoms with van der Waals surface area (Å²) in [4.78, 5) is 41.7. The van der Waals surface area contributed by atoms with Crippen molar-refractivity contribution in [3.05, 3.63) is 39.7 Å². The van der Waals surface area contributed by atoms with E-state index < -0.39 is 5.63 Å². The number of ether oxygens (including phenoxy) is 1. The molecule has 1 saturated heterocycles. The average Bonchev–Trinajstić information content (AvgIpc) is 2.87. The topological polar surface area (TPSA) is 80.1 Å². The first-order chi connectivity index (χ1) is 16.5. The van der Waals surface area contributed by atoms with Crippen LogP contribution in [0.4, 0.5) is 0 Å². The molecule has 2 heterocycles. The minimum Gasteiger partial charge on any atom is -0.497 e. The molecule has 1 aromatic heterocycles. The summed E-state index contributed by atoms with van der Waals surface area (Å²) in [5.74, 6) is 1.57. The number of benzene rings is 1. The van der Waals surface area contributed by atoms with Gasteiger partial charge in [-0.1, -0.05) is 32.1 Å². The number of nitrogens with zero attached hydrogens (tertiary/aromatic N) is 2. The van der Waals surface area contributed by atoms with Crippen LogP contribution in [0.2, 0.25) is 0 Å². The van der Waals surface area contributed by atoms with Crippen molar-refractivity contribution in [2.24, 2.45) is 5.92 Å². The zero-order valence-corrected chi connectivity index (χ0v) is 20.4. The molecule has 7 nitrogen and oxygen atoms in total. The third kappa shape index (κ3) is 5.62. The van der Waals surface area contributed by atoms with E-state index in [1.165, 1.54) is 32.1 Å². The van der Waals surface area contributed by atoms with Crippen LogP contribution in [0.25, 0.3) is 11.0 Å². The van der Waals surface area contributed by atoms with E-state index in [9.17, 15) is 14.4 Å². The van der Waals surface area contributed by atoms with Gasteiger partial charge in [-0.05, 0) is 43.4 Å². The van der Waals surface area contributed by atoms with E-state index in [0.29, 0.717) is 61.8 Å². The highest BCUT2D eigenvalue weighted by atomic mass is 16.5. The Morgan fingerprint density at radius 3 is 2.29 bits per heavy atom. The molecule has 0 atom stereocenters. The van der Waals surface area contributed by atoms with Crippen LogP contribution in [-0.4, -0.2) is 54.9 Å². The van der Waals surface area contributed by atoms with Crippen LogP contribution < -0.4 is 10.4 Å². The minimum absolute atomic E-state index is 0.0166. The van der Waals surface area contributed by atoms with Gasteiger partial charge in [0, 0.05) is 56.0 Å². The van der Waals surface area contributed by atoms with Gasteiger partial charge in [0.1, 0.15) is 11.3 Å². The van der Waals surface area contributed by atoms with Crippen LogP contribution in [0.1, 0.15) is 62.5 Å². The fourth-order valence-electron chi connectivity index (χ4n) is 5.35. The minimum atomic E-state index is -0.403. The first kappa shape index (κ1) is 24.3. The molecular weight excluding hydrogens is 432 g/mol. The number of carbonyl (C=O) groups excluding carboxylic acids is 2. The zero-order chi connectivity index (χ0) is 24.1. The van der Waals surface area contributed by atoms with Crippen LogP contribution in [0, 0.1) is 12.8 Å². The van der Waals surface area contributed by atoms with Crippen molar-refractivity contribution in [2.75, 3.05) is 33.3 Å². The van der Waals surface area contributed by atoms with Crippen LogP contribution in [-0.2, 0) is 16.0 Å². The highest BCUT2D eigenvalue weighted by molar-refractivity contribution is 5.83. The number of aryl methyl sites for hydroxylation is 1. The van der Waals surface area contributed by atoms with E-state index >= 15 is 0 Å². The van der Waals surface area contributed by atoms with Gasteiger partial charge < -0.3 is 19.0 Å². The van der Waals surface area contributed by atoms with E-state index in [4.69, 9.17) is 9.15 Å². The SMILES string of the molecule is COc1ccc2c(C)c(CCC(=O)N3CCN(C(=O)CCC4CCCCC4)CC3)c(=O)oc2c1. The molecule has 1 aromatic carbocycles. The van der Waals surface area contributed by atoms with Crippen molar-refractivity contribution in [3.63, 3.8) is 0 Å². The number of amides is 2. The monoisotopic (exact) mass is 468 g/mol. The van der Waals surface area contributed by atoms with E-state index in [2.05, 4.69) is 0 Å². The normalized spacial score (nSPS) is 17.2. The Hall–Kier alpha value is -2.83. The summed E-state index contributed by atoms with van der Waals surface area (Å²) in [6.45, 7) is 4.18. The molecule has 1 aliphatic heterocycles. The Bertz CT molecular complexity index is 1080. The number of hydrogen-bond donors (Lipinski definition) is 0. The first-order valence-corrected chi connectivity index (χ1v) is 12.6. The number of hydrogen-bond acceptors (Lipinski definition) is 5. The lowest BCUT2D eigenvalue weighted by molar-refractivity contribution is -0.139. The van der Waals surface area contributed by atoms with Gasteiger partial charge in [0.2, 0.25) is 11.8 Å². The Labute approximate surface area is 201 Å². The van der Waals surface area contributed by atoms with Crippen molar-refractivity contribution in [2.45, 2.75) is 64.7 Å². The Morgan fingerprint density at radius 1 is 1.00 bits per heavy atom. The Morgan fingerprint density at radius 2 is 1.65 bits per heavy atom. The summed E-state index contributed by atoms with van der Waals surface area (Å²) in [6, 6.07) is 5.41. The van der Waals surface area contributed by atoms with E-state index in [1.54, 1.807) is 13.2 Å². The molecule has 0 unspecified atom stereocenters. The van der Waals surface area contributed by atoms with Gasteiger partial charge in [0.15, 0.2) is 0 Å². The van der Waals surface area contributed by atoms with Crippen molar-refractivity contribution < 1.29 is 18.7 Å². The third-order valence-electron chi connectivity index (χ3n) is 7.56. The van der Waals surface area contributed by atoms with Crippen molar-refractivity contribution in [3.8, 4) is 5.75 Å². The number of fused-ring (bicyclic) bond motifs is 1. The summed E-state index contributed by atoms with van der Waals surface area (Å²) < 4.78 is 10.7. The maximum Gasteiger partial charge on any atom is 0.339 e. The lowest BCUT2D eigenvalue weighted by atomic mass is 9.86. The van der Waals surface area contributed by atoms with Gasteiger partial charge in [0.05, 0.1) is 7.11 Å². The molecule has 34 heavy (non-hydrogen) atoms. The van der Waals surface area contributed by atoms with E-state index in [0.717, 1.165) is 17.4 Å². The molecule has 2 aromatic rings. The van der Waals surface area contributed by atoms with Gasteiger partial charge in [-0.15, -0.1) is 0 Å². The molecule has 184 valence electrons. The number of piperazine rings is 1. The quantitative estimate of drug-likeness (QED) is 0.572. The molecule has 1 saturated carbocycles. The highest BCUT2D eigenvalue weighted by Gasteiger charge is 2.25. The Kier molecular flexibility index (Phi) is 7.91. The van der Waals surface area contributed by atoms with Crippen molar-refractivity contribution in [1.29, 1.82) is 0 Å². The summed E-state index contributed by atoms with van der Waals surface area (Å²) in [6.07, 6.45) is 8.68. The lowest BCUT2D eigenvalue weighted by Crippen LogP contribution is -2.50. The van der Waals surface area contributed by atoms with Crippen LogP contribution in [0.15, 0.2) is 27.4 Å². The maximum absolute atomic E-state index is 12.8. The van der Waals surface area contributed by atoms with Gasteiger partial charge >= 0.3 is 5.63 Å². The molecule has 7 heteroatoms. The number of carbonyl (C=O) groups is 2. The zero-order valence-electron chi connectivity index (χ0n) is 20.4. The molecule has 4 rings (SSSR count). The van der Waals surface area contributed by atoms with E-state index in [-0.39, 0.29) is 18.2 Å². The number of methoxy groups -OCH3 is 1. The molecule has 2 fully saturated rings. The van der Waals surface area contributed by atoms with Crippen molar-refractivity contribution >= 4 is 22.8 Å². The van der Waals surface area contributed by atoms with Crippen molar-refractivity contribution in [1.82, 2.24) is 9.80 Å². The second kappa shape index (κ2) is 11.1. The van der Waals surface area contributed by atoms with Gasteiger partial charge in [-0.3, -0.25) is 9.59 Å². The molecule has 0 radical (unpaired) electrons. The van der Waals surface area contributed by atoms with Gasteiger partial charge in [-0.2, -0.15) is 0 Å². The van der Waals surface area contributed by atoms with Crippen LogP contribution in [0.5, 0.6) is 5.75 Å². The molecular formula is C27H36N2O5.